The summed E-state index contributed by atoms with van der Waals surface area (Å²) in [6.45, 7) is 29.4. The Labute approximate surface area is 466 Å². The topological polar surface area (TPSA) is 252 Å². The van der Waals surface area contributed by atoms with E-state index in [1.807, 2.05) is 121 Å². The van der Waals surface area contributed by atoms with Gasteiger partial charge in [0.05, 0.1) is 46.2 Å². The molecule has 19 nitrogen and oxygen atoms in total. The van der Waals surface area contributed by atoms with Crippen molar-refractivity contribution in [3.63, 3.8) is 0 Å². The fourth-order valence-electron chi connectivity index (χ4n) is 6.16. The first kappa shape index (κ1) is 69.6. The summed E-state index contributed by atoms with van der Waals surface area (Å²) in [6.07, 6.45) is -1.49. The first-order valence-corrected chi connectivity index (χ1v) is 25.4. The number of ether oxygens (including phenoxy) is 7. The van der Waals surface area contributed by atoms with E-state index in [1.54, 1.807) is 76.2 Å². The molecule has 4 aromatic carbocycles. The van der Waals surface area contributed by atoms with E-state index in [-0.39, 0.29) is 44.7 Å². The summed E-state index contributed by atoms with van der Waals surface area (Å²) in [5, 5.41) is 19.0. The van der Waals surface area contributed by atoms with Gasteiger partial charge in [0, 0.05) is 0 Å². The first-order valence-electron chi connectivity index (χ1n) is 25.4. The molecule has 79 heavy (non-hydrogen) atoms. The number of carboxylic acids is 1. The Kier molecular flexibility index (Phi) is 29.7. The van der Waals surface area contributed by atoms with Crippen molar-refractivity contribution in [1.29, 1.82) is 0 Å². The second-order valence-corrected chi connectivity index (χ2v) is 21.6. The van der Waals surface area contributed by atoms with Gasteiger partial charge >= 0.3 is 30.2 Å². The zero-order valence-electron chi connectivity index (χ0n) is 48.3. The maximum Gasteiger partial charge on any atom is 0.408 e. The molecule has 0 bridgehead atoms. The van der Waals surface area contributed by atoms with E-state index in [0.29, 0.717) is 19.8 Å². The minimum Gasteiger partial charge on any atom is -0.479 e. The van der Waals surface area contributed by atoms with Crippen molar-refractivity contribution < 1.29 is 71.8 Å². The minimum absolute atomic E-state index is 0.0456. The second kappa shape index (κ2) is 33.8. The van der Waals surface area contributed by atoms with Crippen LogP contribution < -0.4 is 21.3 Å². The lowest BCUT2D eigenvalue weighted by Gasteiger charge is -2.32. The van der Waals surface area contributed by atoms with Crippen LogP contribution in [0.1, 0.15) is 112 Å². The number of benzene rings is 4. The number of esters is 1. The molecule has 0 saturated carbocycles. The smallest absolute Gasteiger partial charge is 0.408 e. The van der Waals surface area contributed by atoms with Crippen molar-refractivity contribution in [3.05, 3.63) is 157 Å². The van der Waals surface area contributed by atoms with Crippen molar-refractivity contribution in [2.24, 2.45) is 0 Å². The Hall–Kier alpha value is -7.45. The van der Waals surface area contributed by atoms with Crippen molar-refractivity contribution in [2.75, 3.05) is 26.4 Å². The summed E-state index contributed by atoms with van der Waals surface area (Å²) in [5.41, 5.74) is -1.94. The fraction of sp³-hybridized carbons (Fsp3) is 0.450. The van der Waals surface area contributed by atoms with E-state index in [9.17, 15) is 38.7 Å². The number of carbonyl (C=O) groups excluding carboxylic acids is 6. The lowest BCUT2D eigenvalue weighted by Crippen LogP contribution is -2.58. The quantitative estimate of drug-likeness (QED) is 0.0239. The zero-order valence-corrected chi connectivity index (χ0v) is 48.3. The SMILES string of the molecule is C=C.CC(=O)COCc1ccccc1.CC(C)(C)OC(=O)NC(C)(COCc1ccccc1)C(=O)O.CC(C)(C)OC(=O)NC(C)(COCc1ccccc1)C(=O)OC(C)(C)C.CC1(COCc2ccccc2)NC(=O)NC1=O. The Bertz CT molecular complexity index is 2480. The molecule has 1 aliphatic heterocycles. The van der Waals surface area contributed by atoms with E-state index < -0.39 is 63.6 Å². The predicted octanol–water partition coefficient (Wildman–Crippen LogP) is 9.80. The number of hydrogen-bond acceptors (Lipinski definition) is 14. The highest BCUT2D eigenvalue weighted by Gasteiger charge is 2.43. The highest BCUT2D eigenvalue weighted by Crippen LogP contribution is 2.19. The molecule has 3 atom stereocenters. The van der Waals surface area contributed by atoms with E-state index in [2.05, 4.69) is 34.4 Å². The van der Waals surface area contributed by atoms with Gasteiger partial charge in [0.2, 0.25) is 0 Å². The van der Waals surface area contributed by atoms with Gasteiger partial charge in [-0.3, -0.25) is 14.9 Å². The Morgan fingerprint density at radius 1 is 0.519 bits per heavy atom. The molecule has 0 aliphatic carbocycles. The summed E-state index contributed by atoms with van der Waals surface area (Å²) < 4.78 is 37.5. The molecule has 1 saturated heterocycles. The normalized spacial score (nSPS) is 15.2. The van der Waals surface area contributed by atoms with Crippen LogP contribution in [0.3, 0.4) is 0 Å². The number of nitrogens with one attached hydrogen (secondary N) is 4. The number of urea groups is 1. The molecule has 5 rings (SSSR count). The average molecular weight is 1100 g/mol. The summed E-state index contributed by atoms with van der Waals surface area (Å²) >= 11 is 0. The Morgan fingerprint density at radius 2 is 0.848 bits per heavy atom. The molecule has 0 spiro atoms. The van der Waals surface area contributed by atoms with Crippen molar-refractivity contribution in [2.45, 2.75) is 150 Å². The summed E-state index contributed by atoms with van der Waals surface area (Å²) in [7, 11) is 0. The van der Waals surface area contributed by atoms with Gasteiger partial charge in [0.1, 0.15) is 28.9 Å². The third kappa shape index (κ3) is 30.9. The van der Waals surface area contributed by atoms with Crippen molar-refractivity contribution >= 4 is 41.8 Å². The van der Waals surface area contributed by atoms with Gasteiger partial charge in [0.25, 0.3) is 5.91 Å². The third-order valence-electron chi connectivity index (χ3n) is 9.92. The number of ketones is 1. The number of aliphatic carboxylic acids is 1. The van der Waals surface area contributed by atoms with Crippen molar-refractivity contribution in [1.82, 2.24) is 21.3 Å². The standard InChI is InChI=1S/C20H31NO5.C16H23NO5.C12H14N2O3.C10H12O2.C2H4/c1-18(2,3)25-16(22)20(7,21-17(23)26-19(4,5)6)14-24-13-15-11-9-8-10-12-15;1-15(2,3)22-14(20)17-16(4,13(18)19)11-21-10-12-8-6-5-7-9-12;1-12(10(15)13-11(16)14-12)8-17-7-9-5-3-2-4-6-9;1-9(11)7-12-8-10-5-3-2-4-6-10;1-2/h8-12H,13-14H2,1-7H3,(H,21,23);5-9H,10-11H2,1-4H3,(H,17,20)(H,18,19);2-6H,7-8H2,1H3,(H2,13,14,15,16);2-6H,7-8H2,1H3;1-2H2. The molecule has 1 heterocycles. The van der Waals surface area contributed by atoms with Gasteiger partial charge in [-0.1, -0.05) is 121 Å². The fourth-order valence-corrected chi connectivity index (χ4v) is 6.16. The van der Waals surface area contributed by atoms with Gasteiger partial charge in [-0.05, 0) is 112 Å². The van der Waals surface area contributed by atoms with Crippen LogP contribution in [-0.2, 0) is 78.8 Å². The number of alkyl carbamates (subject to hydrolysis) is 2. The van der Waals surface area contributed by atoms with E-state index >= 15 is 0 Å². The Morgan fingerprint density at radius 3 is 1.16 bits per heavy atom. The van der Waals surface area contributed by atoms with Gasteiger partial charge in [0.15, 0.2) is 16.9 Å². The average Bonchev–Trinajstić information content (AvgIpc) is 3.61. The molecule has 434 valence electrons. The molecule has 3 unspecified atom stereocenters. The first-order chi connectivity index (χ1) is 36.8. The van der Waals surface area contributed by atoms with Crippen LogP contribution in [0, 0.1) is 0 Å². The number of rotatable bonds is 20. The largest absolute Gasteiger partial charge is 0.479 e. The molecule has 19 heteroatoms. The van der Waals surface area contributed by atoms with Gasteiger partial charge in [-0.2, -0.15) is 0 Å². The molecular weight excluding hydrogens is 1020 g/mol. The van der Waals surface area contributed by atoms with Crippen molar-refractivity contribution in [3.8, 4) is 0 Å². The monoisotopic (exact) mass is 1100 g/mol. The number of amides is 5. The van der Waals surface area contributed by atoms with Gasteiger partial charge < -0.3 is 54.2 Å². The number of imide groups is 1. The second-order valence-electron chi connectivity index (χ2n) is 21.6. The summed E-state index contributed by atoms with van der Waals surface area (Å²) in [6, 6.07) is 37.9. The van der Waals surface area contributed by atoms with Crippen LogP contribution in [0.25, 0.3) is 0 Å². The predicted molar refractivity (Wildman–Crippen MR) is 300 cm³/mol. The summed E-state index contributed by atoms with van der Waals surface area (Å²) in [5.74, 6) is -2.06. The maximum atomic E-state index is 12.7. The third-order valence-corrected chi connectivity index (χ3v) is 9.92. The maximum absolute atomic E-state index is 12.7. The molecule has 5 amide bonds. The van der Waals surface area contributed by atoms with E-state index in [4.69, 9.17) is 33.2 Å². The minimum atomic E-state index is -1.56. The molecular formula is C60H84N4O15. The number of carbonyl (C=O) groups is 7. The van der Waals surface area contributed by atoms with Crippen LogP contribution in [-0.4, -0.2) is 107 Å². The highest BCUT2D eigenvalue weighted by molar-refractivity contribution is 6.06. The number of Topliss-reactive ketones (excluding diaryl/α,β-unsaturated/α-hetero) is 1. The van der Waals surface area contributed by atoms with Crippen LogP contribution >= 0.6 is 0 Å². The van der Waals surface area contributed by atoms with Crippen LogP contribution in [0.2, 0.25) is 0 Å². The van der Waals surface area contributed by atoms with Crippen LogP contribution in [0.4, 0.5) is 14.4 Å². The lowest BCUT2D eigenvalue weighted by atomic mass is 10.0. The van der Waals surface area contributed by atoms with E-state index in [0.717, 1.165) is 22.3 Å². The molecule has 1 aliphatic rings. The van der Waals surface area contributed by atoms with Crippen LogP contribution in [0.5, 0.6) is 0 Å². The molecule has 0 radical (unpaired) electrons. The molecule has 5 N–H and O–H groups in total. The molecule has 4 aromatic rings. The Balaban J connectivity index is 0.000000537. The zero-order chi connectivity index (χ0) is 59.9. The highest BCUT2D eigenvalue weighted by atomic mass is 16.6. The summed E-state index contributed by atoms with van der Waals surface area (Å²) in [4.78, 5) is 81.0. The van der Waals surface area contributed by atoms with E-state index in [1.165, 1.54) is 13.8 Å². The lowest BCUT2D eigenvalue weighted by molar-refractivity contribution is -0.165. The molecule has 1 fully saturated rings. The number of hydrogen-bond donors (Lipinski definition) is 5. The van der Waals surface area contributed by atoms with Gasteiger partial charge in [-0.25, -0.2) is 24.0 Å². The van der Waals surface area contributed by atoms with Gasteiger partial charge in [-0.15, -0.1) is 13.2 Å². The number of carboxylic acid groups (broad SMARTS) is 1. The van der Waals surface area contributed by atoms with Crippen LogP contribution in [0.15, 0.2) is 134 Å². The molecule has 0 aromatic heterocycles.